The topological polar surface area (TPSA) is 387 Å². The van der Waals surface area contributed by atoms with Gasteiger partial charge in [-0.2, -0.15) is 13.2 Å². The van der Waals surface area contributed by atoms with Gasteiger partial charge in [0.2, 0.25) is 29.2 Å². The van der Waals surface area contributed by atoms with E-state index in [1.54, 1.807) is 78.2 Å². The molecule has 3 amide bonds. The Hall–Kier alpha value is -12.4. The van der Waals surface area contributed by atoms with E-state index in [4.69, 9.17) is 61.3 Å². The average molecular weight is 1950 g/mol. The zero-order chi connectivity index (χ0) is 101. The van der Waals surface area contributed by atoms with E-state index in [-0.39, 0.29) is 63.3 Å². The monoisotopic (exact) mass is 1950 g/mol. The first-order valence-corrected chi connectivity index (χ1v) is 47.3. The minimum absolute atomic E-state index is 0.106. The number of phenols is 1. The number of aromatic nitrogens is 2. The molecule has 0 aliphatic carbocycles. The molecule has 32 nitrogen and oxygen atoms in total. The minimum atomic E-state index is -2.92. The second-order valence-corrected chi connectivity index (χ2v) is 41.1. The van der Waals surface area contributed by atoms with Crippen LogP contribution in [0.4, 0.5) is 67.4 Å². The number of carbonyl (C=O) groups is 4. The lowest BCUT2D eigenvalue weighted by Gasteiger charge is -2.36. The van der Waals surface area contributed by atoms with Crippen molar-refractivity contribution < 1.29 is 88.8 Å². The number of nitro groups is 3. The van der Waals surface area contributed by atoms with Crippen molar-refractivity contribution in [3.63, 3.8) is 0 Å². The highest BCUT2D eigenvalue weighted by Crippen LogP contribution is 2.40. The third-order valence-electron chi connectivity index (χ3n) is 20.9. The van der Waals surface area contributed by atoms with Crippen LogP contribution in [0, 0.1) is 47.8 Å². The van der Waals surface area contributed by atoms with Crippen LogP contribution in [-0.2, 0) is 40.3 Å². The van der Waals surface area contributed by atoms with Crippen LogP contribution in [0.3, 0.4) is 0 Å². The maximum absolute atomic E-state index is 13.7. The van der Waals surface area contributed by atoms with Crippen molar-refractivity contribution >= 4 is 120 Å². The standard InChI is InChI=1S/C26H33N3O3.C21H25N3O.C15H20FN3O4.C15H21N3O5.C11H14O.C6H3F2NO2.C3H8O3S.CH2Cl2/c1-25(2,3)19-12-10-18(11-13-19)23-27-22-20(8-7-9-21(22)31-23)28-14-16-29(17-15-28)24(30)32-26(4,5)6;1-21(2,3)16-9-7-15(8-10-16)20-23-19-17(5-4-6-18(19)25-20)24-13-11-22-12-14-24;1-15(2,3)23-14(20)18-9-7-17(8-10-18)12-6-4-5-11(16)13(12)19(21)22;1-15(2,3)23-14(20)17-9-7-16(8-10-17)11-5-4-6-12(19)13(11)18(21)22;1-11(2,3)10-6-4-9(8-12)5-7-10;7-4-2-1-3-5(8)6(4)9(10)11;1-7(5,6)3-2-4;2-1-3/h7-13H,14-17H2,1-6H3;4-10,22H,11-14H2,1-3H3;4-6H,7-10H2,1-3H3;4-6,19H,7-10H2,1-3H3;4-8H,1-3H3;1-3H;4H,2-3H2,1H3;1H2. The van der Waals surface area contributed by atoms with Crippen LogP contribution in [-0.4, -0.2) is 228 Å². The van der Waals surface area contributed by atoms with Crippen LogP contribution in [0.1, 0.15) is 152 Å². The molecule has 136 heavy (non-hydrogen) atoms. The van der Waals surface area contributed by atoms with Crippen LogP contribution in [0.2, 0.25) is 0 Å². The number of piperazine rings is 4. The number of hydrogen-bond donors (Lipinski definition) is 3. The van der Waals surface area contributed by atoms with Gasteiger partial charge in [-0.1, -0.05) is 141 Å². The number of para-hydroxylation sites is 5. The van der Waals surface area contributed by atoms with Gasteiger partial charge in [0.05, 0.1) is 43.8 Å². The molecule has 6 heterocycles. The number of nitro benzene ring substituents is 3. The molecule has 4 saturated heterocycles. The van der Waals surface area contributed by atoms with Gasteiger partial charge in [-0.15, -0.1) is 23.2 Å². The van der Waals surface area contributed by atoms with Gasteiger partial charge in [-0.3, -0.25) is 35.1 Å². The Morgan fingerprint density at radius 2 is 0.728 bits per heavy atom. The predicted octanol–water partition coefficient (Wildman–Crippen LogP) is 20.3. The molecule has 4 aliphatic rings. The van der Waals surface area contributed by atoms with Gasteiger partial charge in [-0.05, 0) is 180 Å². The van der Waals surface area contributed by atoms with Gasteiger partial charge < -0.3 is 72.9 Å². The normalized spacial score (nSPS) is 14.2. The van der Waals surface area contributed by atoms with E-state index >= 15 is 0 Å². The SMILES string of the molecule is CC(C)(C)OC(=O)N1CCN(c2cccc(F)c2[N+](=O)[O-])CC1.CC(C)(C)OC(=O)N1CCN(c2cccc(O)c2[N+](=O)[O-])CC1.CC(C)(C)OC(=O)N1CCN(c2cccc3oc(-c4ccc(C(C)(C)C)cc4)nc23)CC1.CC(C)(C)c1ccc(-c2nc3c(N4CCNCC4)cccc3o2)cc1.CC(C)(C)c1ccc(C=O)cc1.CS(=O)(=O)CCO.ClCCl.O=[N+]([O-])c1c(F)cccc1F. The number of nitrogens with one attached hydrogen (secondary N) is 1. The van der Waals surface area contributed by atoms with Crippen LogP contribution in [0.25, 0.3) is 45.1 Å². The number of benzene rings is 8. The Morgan fingerprint density at radius 3 is 1.02 bits per heavy atom. The molecule has 0 spiro atoms. The summed E-state index contributed by atoms with van der Waals surface area (Å²) in [5, 5.41) is 53.5. The Bertz CT molecular complexity index is 5640. The number of aliphatic hydroxyl groups is 1. The second kappa shape index (κ2) is 48.9. The molecule has 0 radical (unpaired) electrons. The van der Waals surface area contributed by atoms with Crippen LogP contribution < -0.4 is 24.9 Å². The maximum atomic E-state index is 13.7. The number of nitrogens with zero attached hydrogens (tertiary/aromatic N) is 12. The number of phenolic OH excluding ortho intramolecular Hbond substituents is 1. The first-order chi connectivity index (χ1) is 63.5. The van der Waals surface area contributed by atoms with Crippen LogP contribution in [0.15, 0.2) is 173 Å². The molecule has 0 atom stereocenters. The number of sulfone groups is 1. The summed E-state index contributed by atoms with van der Waals surface area (Å²) in [6, 6.07) is 48.1. The number of aliphatic hydroxyl groups excluding tert-OH is 1. The summed E-state index contributed by atoms with van der Waals surface area (Å²) < 4.78 is 87.0. The fourth-order valence-corrected chi connectivity index (χ4v) is 14.3. The summed E-state index contributed by atoms with van der Waals surface area (Å²) in [5.74, 6) is -2.35. The van der Waals surface area contributed by atoms with Crippen molar-refractivity contribution in [3.8, 4) is 28.7 Å². The Balaban J connectivity index is 0.000000224. The first kappa shape index (κ1) is 111. The Labute approximate surface area is 802 Å². The van der Waals surface area contributed by atoms with E-state index in [2.05, 4.69) is 144 Å². The van der Waals surface area contributed by atoms with Crippen molar-refractivity contribution in [2.45, 2.75) is 158 Å². The largest absolute Gasteiger partial charge is 0.502 e. The van der Waals surface area contributed by atoms with E-state index < -0.39 is 76.3 Å². The molecule has 14 rings (SSSR count). The molecular weight excluding hydrogens is 1820 g/mol. The van der Waals surface area contributed by atoms with Gasteiger partial charge in [-0.25, -0.2) is 32.8 Å². The number of carbonyl (C=O) groups excluding carboxylic acids is 4. The number of anilines is 4. The third-order valence-corrected chi connectivity index (χ3v) is 21.8. The van der Waals surface area contributed by atoms with Crippen LogP contribution >= 0.6 is 23.2 Å². The van der Waals surface area contributed by atoms with E-state index in [0.717, 1.165) is 121 Å². The Morgan fingerprint density at radius 1 is 0.441 bits per heavy atom. The number of aldehydes is 1. The molecule has 10 aromatic rings. The van der Waals surface area contributed by atoms with E-state index in [1.807, 2.05) is 63.2 Å². The summed E-state index contributed by atoms with van der Waals surface area (Å²) in [6.07, 6.45) is 0.904. The van der Waals surface area contributed by atoms with Crippen molar-refractivity contribution in [2.24, 2.45) is 0 Å². The number of ether oxygens (including phenoxy) is 3. The number of hydrogen-bond acceptors (Lipinski definition) is 26. The molecular formula is C98H126Cl2F3N13O19S. The highest BCUT2D eigenvalue weighted by molar-refractivity contribution is 7.90. The van der Waals surface area contributed by atoms with Crippen molar-refractivity contribution in [1.82, 2.24) is 30.0 Å². The summed E-state index contributed by atoms with van der Waals surface area (Å²) in [5.41, 5.74) is 9.68. The van der Waals surface area contributed by atoms with Crippen molar-refractivity contribution in [3.05, 3.63) is 234 Å². The highest BCUT2D eigenvalue weighted by atomic mass is 35.5. The molecule has 38 heteroatoms. The van der Waals surface area contributed by atoms with Gasteiger partial charge in [0, 0.05) is 128 Å². The molecule has 0 unspecified atom stereocenters. The molecule has 3 N–H and O–H groups in total. The Kier molecular flexibility index (Phi) is 39.8. The molecule has 0 saturated carbocycles. The first-order valence-electron chi connectivity index (χ1n) is 44.1. The quantitative estimate of drug-likeness (QED) is 0.0336. The smallest absolute Gasteiger partial charge is 0.410 e. The number of alkyl halides is 2. The summed E-state index contributed by atoms with van der Waals surface area (Å²) in [4.78, 5) is 99.3. The number of halogens is 5. The molecule has 4 aliphatic heterocycles. The zero-order valence-corrected chi connectivity index (χ0v) is 82.9. The predicted molar refractivity (Wildman–Crippen MR) is 526 cm³/mol. The maximum Gasteiger partial charge on any atom is 0.410 e. The van der Waals surface area contributed by atoms with E-state index in [9.17, 15) is 76.2 Å². The van der Waals surface area contributed by atoms with Crippen molar-refractivity contribution in [1.29, 1.82) is 0 Å². The van der Waals surface area contributed by atoms with E-state index in [0.29, 0.717) is 82.9 Å². The third kappa shape index (κ3) is 33.9. The van der Waals surface area contributed by atoms with Crippen molar-refractivity contribution in [2.75, 3.05) is 148 Å². The second-order valence-electron chi connectivity index (χ2n) is 38.1. The molecule has 4 fully saturated rings. The lowest BCUT2D eigenvalue weighted by atomic mass is 9.87. The van der Waals surface area contributed by atoms with Gasteiger partial charge in [0.1, 0.15) is 55.3 Å². The number of amides is 3. The average Bonchev–Trinajstić information content (AvgIpc) is 1.59. The number of rotatable bonds is 12. The number of fused-ring (bicyclic) bond motifs is 2. The molecule has 2 aromatic heterocycles. The number of oxazole rings is 2. The fourth-order valence-electron chi connectivity index (χ4n) is 13.9. The van der Waals surface area contributed by atoms with Gasteiger partial charge in [0.25, 0.3) is 0 Å². The van der Waals surface area contributed by atoms with Crippen LogP contribution in [0.5, 0.6) is 5.75 Å². The summed E-state index contributed by atoms with van der Waals surface area (Å²) >= 11 is 9.53. The lowest BCUT2D eigenvalue weighted by Crippen LogP contribution is -2.50. The molecule has 0 bridgehead atoms. The van der Waals surface area contributed by atoms with Gasteiger partial charge in [0.15, 0.2) is 16.9 Å². The summed E-state index contributed by atoms with van der Waals surface area (Å²) in [6.45, 7) is 45.8. The zero-order valence-electron chi connectivity index (χ0n) is 80.6. The molecule has 738 valence electrons. The minimum Gasteiger partial charge on any atom is -0.502 e. The molecule has 8 aromatic carbocycles. The fraction of sp³-hybridized carbons (Fsp3) is 0.449. The summed E-state index contributed by atoms with van der Waals surface area (Å²) in [7, 11) is -2.92. The van der Waals surface area contributed by atoms with Gasteiger partial charge >= 0.3 is 35.3 Å². The number of aromatic hydroxyl groups is 1. The lowest BCUT2D eigenvalue weighted by molar-refractivity contribution is -0.390. The highest BCUT2D eigenvalue weighted by Gasteiger charge is 2.35. The van der Waals surface area contributed by atoms with E-state index in [1.165, 1.54) is 40.6 Å².